The highest BCUT2D eigenvalue weighted by molar-refractivity contribution is 6.01. The van der Waals surface area contributed by atoms with Crippen molar-refractivity contribution in [1.82, 2.24) is 4.98 Å². The largest absolute Gasteiger partial charge is 0.451 e. The van der Waals surface area contributed by atoms with Crippen molar-refractivity contribution in [2.75, 3.05) is 0 Å². The van der Waals surface area contributed by atoms with E-state index in [1.54, 1.807) is 13.0 Å². The Morgan fingerprint density at radius 1 is 1.07 bits per heavy atom. The SMILES string of the molecule is Cc1ncc(C(=O)C(OC=O)c2cccc(C(F)(F)F)c2)cc1-c1ccccc1. The summed E-state index contributed by atoms with van der Waals surface area (Å²) in [4.78, 5) is 28.1. The molecule has 2 aromatic carbocycles. The standard InChI is InChI=1S/C22H16F3NO3/c1-14-19(15-6-3-2-4-7-15)11-17(12-26-14)20(28)21(29-13-27)16-8-5-9-18(10-16)22(23,24)25/h2-13,21H,1H3. The van der Waals surface area contributed by atoms with Gasteiger partial charge >= 0.3 is 6.18 Å². The first kappa shape index (κ1) is 20.3. The van der Waals surface area contributed by atoms with Crippen molar-refractivity contribution in [2.45, 2.75) is 19.2 Å². The number of rotatable bonds is 6. The average Bonchev–Trinajstić information content (AvgIpc) is 2.72. The van der Waals surface area contributed by atoms with Gasteiger partial charge in [0.1, 0.15) is 0 Å². The minimum Gasteiger partial charge on any atom is -0.451 e. The molecule has 148 valence electrons. The Balaban J connectivity index is 2.02. The van der Waals surface area contributed by atoms with Crippen LogP contribution in [0.3, 0.4) is 0 Å². The van der Waals surface area contributed by atoms with Gasteiger partial charge in [-0.05, 0) is 30.7 Å². The average molecular weight is 399 g/mol. The number of aryl methyl sites for hydroxylation is 1. The summed E-state index contributed by atoms with van der Waals surface area (Å²) in [6.07, 6.45) is -4.78. The lowest BCUT2D eigenvalue weighted by Crippen LogP contribution is -2.17. The predicted molar refractivity (Wildman–Crippen MR) is 100 cm³/mol. The second-order valence-corrected chi connectivity index (χ2v) is 6.32. The molecule has 1 aromatic heterocycles. The Hall–Kier alpha value is -3.48. The van der Waals surface area contributed by atoms with Crippen LogP contribution in [0.15, 0.2) is 66.9 Å². The summed E-state index contributed by atoms with van der Waals surface area (Å²) in [5, 5.41) is 0. The first-order valence-corrected chi connectivity index (χ1v) is 8.64. The van der Waals surface area contributed by atoms with Gasteiger partial charge in [0, 0.05) is 28.6 Å². The first-order valence-electron chi connectivity index (χ1n) is 8.64. The number of hydrogen-bond donors (Lipinski definition) is 0. The number of ether oxygens (including phenoxy) is 1. The number of benzene rings is 2. The van der Waals surface area contributed by atoms with E-state index in [-0.39, 0.29) is 17.6 Å². The third-order valence-electron chi connectivity index (χ3n) is 4.40. The van der Waals surface area contributed by atoms with E-state index in [0.717, 1.165) is 23.8 Å². The zero-order valence-corrected chi connectivity index (χ0v) is 15.3. The fourth-order valence-corrected chi connectivity index (χ4v) is 2.95. The molecule has 0 bridgehead atoms. The molecule has 0 radical (unpaired) electrons. The molecular formula is C22H16F3NO3. The Labute approximate surface area is 165 Å². The highest BCUT2D eigenvalue weighted by Gasteiger charge is 2.32. The Morgan fingerprint density at radius 3 is 2.45 bits per heavy atom. The monoisotopic (exact) mass is 399 g/mol. The first-order chi connectivity index (χ1) is 13.8. The maximum absolute atomic E-state index is 13.0. The minimum absolute atomic E-state index is 0.0442. The molecular weight excluding hydrogens is 383 g/mol. The maximum atomic E-state index is 13.0. The third-order valence-corrected chi connectivity index (χ3v) is 4.40. The number of hydrogen-bond acceptors (Lipinski definition) is 4. The van der Waals surface area contributed by atoms with Crippen LogP contribution < -0.4 is 0 Å². The predicted octanol–water partition coefficient (Wildman–Crippen LogP) is 5.17. The fourth-order valence-electron chi connectivity index (χ4n) is 2.95. The van der Waals surface area contributed by atoms with E-state index in [4.69, 9.17) is 4.74 Å². The van der Waals surface area contributed by atoms with Gasteiger partial charge in [-0.3, -0.25) is 14.6 Å². The van der Waals surface area contributed by atoms with Crippen LogP contribution >= 0.6 is 0 Å². The molecule has 3 rings (SSSR count). The van der Waals surface area contributed by atoms with Gasteiger partial charge in [0.2, 0.25) is 5.78 Å². The summed E-state index contributed by atoms with van der Waals surface area (Å²) < 4.78 is 43.9. The number of alkyl halides is 3. The molecule has 0 aliphatic heterocycles. The lowest BCUT2D eigenvalue weighted by Gasteiger charge is -2.17. The summed E-state index contributed by atoms with van der Waals surface area (Å²) in [7, 11) is 0. The second kappa shape index (κ2) is 8.26. The smallest absolute Gasteiger partial charge is 0.416 e. The van der Waals surface area contributed by atoms with Crippen molar-refractivity contribution in [1.29, 1.82) is 0 Å². The number of Topliss-reactive ketones (excluding diaryl/α,β-unsaturated/α-hetero) is 1. The van der Waals surface area contributed by atoms with Crippen LogP contribution in [0.1, 0.15) is 33.3 Å². The molecule has 0 amide bonds. The van der Waals surface area contributed by atoms with Crippen LogP contribution in [0.5, 0.6) is 0 Å². The van der Waals surface area contributed by atoms with E-state index in [0.29, 0.717) is 11.3 Å². The van der Waals surface area contributed by atoms with Crippen LogP contribution in [0, 0.1) is 6.92 Å². The summed E-state index contributed by atoms with van der Waals surface area (Å²) in [5.74, 6) is -0.666. The number of nitrogens with zero attached hydrogens (tertiary/aromatic N) is 1. The summed E-state index contributed by atoms with van der Waals surface area (Å²) in [6, 6.07) is 15.0. The molecule has 0 aliphatic rings. The molecule has 0 spiro atoms. The van der Waals surface area contributed by atoms with E-state index < -0.39 is 23.6 Å². The zero-order valence-electron chi connectivity index (χ0n) is 15.3. The summed E-state index contributed by atoms with van der Waals surface area (Å²) >= 11 is 0. The van der Waals surface area contributed by atoms with Crippen molar-refractivity contribution < 1.29 is 27.5 Å². The van der Waals surface area contributed by atoms with Gasteiger partial charge in [-0.15, -0.1) is 0 Å². The number of ketones is 1. The van der Waals surface area contributed by atoms with Crippen LogP contribution in [0.2, 0.25) is 0 Å². The molecule has 1 heterocycles. The van der Waals surface area contributed by atoms with Gasteiger partial charge < -0.3 is 4.74 Å². The van der Waals surface area contributed by atoms with Crippen LogP contribution in [-0.4, -0.2) is 17.2 Å². The van der Waals surface area contributed by atoms with E-state index >= 15 is 0 Å². The van der Waals surface area contributed by atoms with Crippen molar-refractivity contribution in [3.8, 4) is 11.1 Å². The number of aromatic nitrogens is 1. The Bertz CT molecular complexity index is 1030. The van der Waals surface area contributed by atoms with E-state index in [1.807, 2.05) is 30.3 Å². The van der Waals surface area contributed by atoms with E-state index in [2.05, 4.69) is 4.98 Å². The Morgan fingerprint density at radius 2 is 1.79 bits per heavy atom. The van der Waals surface area contributed by atoms with Gasteiger partial charge in [0.05, 0.1) is 5.56 Å². The van der Waals surface area contributed by atoms with Crippen molar-refractivity contribution >= 4 is 12.3 Å². The molecule has 0 saturated heterocycles. The normalized spacial score (nSPS) is 12.3. The lowest BCUT2D eigenvalue weighted by molar-refractivity contribution is -0.137. The van der Waals surface area contributed by atoms with Gasteiger partial charge in [-0.25, -0.2) is 0 Å². The molecule has 0 aliphatic carbocycles. The number of carbonyl (C=O) groups is 2. The van der Waals surface area contributed by atoms with Crippen molar-refractivity contribution in [2.24, 2.45) is 0 Å². The second-order valence-electron chi connectivity index (χ2n) is 6.32. The summed E-state index contributed by atoms with van der Waals surface area (Å²) in [6.45, 7) is 1.82. The quantitative estimate of drug-likeness (QED) is 0.424. The van der Waals surface area contributed by atoms with E-state index in [1.165, 1.54) is 12.3 Å². The zero-order chi connectivity index (χ0) is 21.0. The molecule has 0 N–H and O–H groups in total. The Kier molecular flexibility index (Phi) is 5.77. The molecule has 3 aromatic rings. The fraction of sp³-hybridized carbons (Fsp3) is 0.136. The molecule has 1 atom stereocenters. The molecule has 0 fully saturated rings. The molecule has 29 heavy (non-hydrogen) atoms. The molecule has 0 saturated carbocycles. The molecule has 4 nitrogen and oxygen atoms in total. The van der Waals surface area contributed by atoms with Gasteiger partial charge in [-0.1, -0.05) is 42.5 Å². The maximum Gasteiger partial charge on any atom is 0.416 e. The van der Waals surface area contributed by atoms with Crippen molar-refractivity contribution in [3.05, 3.63) is 89.2 Å². The highest BCUT2D eigenvalue weighted by Crippen LogP contribution is 2.32. The molecule has 1 unspecified atom stereocenters. The number of carbonyl (C=O) groups excluding carboxylic acids is 2. The van der Waals surface area contributed by atoms with Crippen LogP contribution in [0.25, 0.3) is 11.1 Å². The topological polar surface area (TPSA) is 56.3 Å². The number of halogens is 3. The number of pyridine rings is 1. The van der Waals surface area contributed by atoms with Gasteiger partial charge in [0.15, 0.2) is 6.10 Å². The van der Waals surface area contributed by atoms with Crippen molar-refractivity contribution in [3.63, 3.8) is 0 Å². The minimum atomic E-state index is -4.59. The van der Waals surface area contributed by atoms with Crippen LogP contribution in [-0.2, 0) is 15.7 Å². The van der Waals surface area contributed by atoms with Crippen LogP contribution in [0.4, 0.5) is 13.2 Å². The summed E-state index contributed by atoms with van der Waals surface area (Å²) in [5.41, 5.74) is 1.33. The lowest BCUT2D eigenvalue weighted by atomic mass is 9.96. The molecule has 7 heteroatoms. The third kappa shape index (κ3) is 4.51. The van der Waals surface area contributed by atoms with Gasteiger partial charge in [0.25, 0.3) is 6.47 Å². The highest BCUT2D eigenvalue weighted by atomic mass is 19.4. The van der Waals surface area contributed by atoms with E-state index in [9.17, 15) is 22.8 Å². The van der Waals surface area contributed by atoms with Gasteiger partial charge in [-0.2, -0.15) is 13.2 Å².